The summed E-state index contributed by atoms with van der Waals surface area (Å²) in [6.07, 6.45) is 0. The zero-order valence-electron chi connectivity index (χ0n) is 15.5. The van der Waals surface area contributed by atoms with Crippen molar-refractivity contribution < 1.29 is 9.53 Å². The van der Waals surface area contributed by atoms with Crippen molar-refractivity contribution in [2.75, 3.05) is 11.9 Å². The van der Waals surface area contributed by atoms with Crippen LogP contribution in [-0.4, -0.2) is 12.5 Å². The molecule has 0 saturated heterocycles. The van der Waals surface area contributed by atoms with Crippen LogP contribution >= 0.6 is 46.6 Å². The molecule has 29 heavy (non-hydrogen) atoms. The highest BCUT2D eigenvalue weighted by Gasteiger charge is 2.12. The molecule has 0 aliphatic heterocycles. The van der Waals surface area contributed by atoms with Crippen molar-refractivity contribution in [2.45, 2.75) is 17.6 Å². The summed E-state index contributed by atoms with van der Waals surface area (Å²) < 4.78 is 5.73. The van der Waals surface area contributed by atoms with Gasteiger partial charge in [-0.2, -0.15) is 0 Å². The van der Waals surface area contributed by atoms with Crippen LogP contribution < -0.4 is 10.1 Å². The molecule has 3 rings (SSSR count). The fraction of sp³-hybridized carbons (Fsp3) is 0.136. The molecule has 0 aromatic heterocycles. The number of carbonyl (C=O) groups is 1. The number of hydrogen-bond acceptors (Lipinski definition) is 3. The van der Waals surface area contributed by atoms with Gasteiger partial charge in [0.05, 0.1) is 16.7 Å². The quantitative estimate of drug-likeness (QED) is 0.364. The number of nitrogens with one attached hydrogen (secondary N) is 1. The molecule has 150 valence electrons. The highest BCUT2D eigenvalue weighted by atomic mass is 35.5. The molecule has 0 unspecified atom stereocenters. The molecule has 0 bridgehead atoms. The second kappa shape index (κ2) is 10.3. The van der Waals surface area contributed by atoms with Crippen LogP contribution in [0.2, 0.25) is 15.1 Å². The van der Waals surface area contributed by atoms with E-state index in [1.165, 1.54) is 0 Å². The predicted octanol–water partition coefficient (Wildman–Crippen LogP) is 7.59. The van der Waals surface area contributed by atoms with E-state index in [2.05, 4.69) is 5.32 Å². The summed E-state index contributed by atoms with van der Waals surface area (Å²) in [5.74, 6) is 1.19. The normalized spacial score (nSPS) is 10.6. The van der Waals surface area contributed by atoms with E-state index in [0.29, 0.717) is 38.7 Å². The Labute approximate surface area is 189 Å². The Balaban J connectivity index is 1.78. The molecule has 0 heterocycles. The van der Waals surface area contributed by atoms with E-state index < -0.39 is 0 Å². The molecule has 0 aliphatic rings. The second-order valence-electron chi connectivity index (χ2n) is 6.08. The van der Waals surface area contributed by atoms with Gasteiger partial charge in [-0.15, -0.1) is 11.8 Å². The van der Waals surface area contributed by atoms with Crippen LogP contribution in [0.25, 0.3) is 0 Å². The number of anilines is 1. The third-order valence-electron chi connectivity index (χ3n) is 4.01. The lowest BCUT2D eigenvalue weighted by Crippen LogP contribution is -2.12. The van der Waals surface area contributed by atoms with Gasteiger partial charge in [-0.1, -0.05) is 34.8 Å². The summed E-state index contributed by atoms with van der Waals surface area (Å²) in [5, 5.41) is 4.36. The molecule has 7 heteroatoms. The van der Waals surface area contributed by atoms with Gasteiger partial charge >= 0.3 is 0 Å². The average molecular weight is 467 g/mol. The topological polar surface area (TPSA) is 38.3 Å². The Morgan fingerprint density at radius 3 is 2.41 bits per heavy atom. The van der Waals surface area contributed by atoms with Crippen LogP contribution in [0.3, 0.4) is 0 Å². The van der Waals surface area contributed by atoms with Gasteiger partial charge in [-0.3, -0.25) is 4.79 Å². The molecule has 0 atom stereocenters. The Kier molecular flexibility index (Phi) is 7.73. The van der Waals surface area contributed by atoms with Crippen LogP contribution in [0.5, 0.6) is 5.75 Å². The first kappa shape index (κ1) is 21.8. The Morgan fingerprint density at radius 1 is 0.966 bits per heavy atom. The van der Waals surface area contributed by atoms with E-state index in [-0.39, 0.29) is 5.91 Å². The Bertz CT molecular complexity index is 1010. The molecule has 0 spiro atoms. The summed E-state index contributed by atoms with van der Waals surface area (Å²) in [6, 6.07) is 18.0. The second-order valence-corrected chi connectivity index (χ2v) is 8.38. The summed E-state index contributed by atoms with van der Waals surface area (Å²) >= 11 is 19.5. The van der Waals surface area contributed by atoms with Crippen LogP contribution in [0, 0.1) is 0 Å². The van der Waals surface area contributed by atoms with Crippen LogP contribution in [-0.2, 0) is 5.75 Å². The summed E-state index contributed by atoms with van der Waals surface area (Å²) in [7, 11) is 0. The molecule has 3 nitrogen and oxygen atoms in total. The van der Waals surface area contributed by atoms with Crippen molar-refractivity contribution in [3.8, 4) is 5.75 Å². The minimum Gasteiger partial charge on any atom is -0.494 e. The highest BCUT2D eigenvalue weighted by Crippen LogP contribution is 2.30. The summed E-state index contributed by atoms with van der Waals surface area (Å²) in [5.41, 5.74) is 2.05. The smallest absolute Gasteiger partial charge is 0.255 e. The molecule has 3 aromatic carbocycles. The number of benzene rings is 3. The van der Waals surface area contributed by atoms with E-state index in [4.69, 9.17) is 39.5 Å². The maximum absolute atomic E-state index is 12.7. The number of carbonyl (C=O) groups excluding carboxylic acids is 1. The van der Waals surface area contributed by atoms with Crippen LogP contribution in [0.15, 0.2) is 65.6 Å². The number of ether oxygens (including phenoxy) is 1. The van der Waals surface area contributed by atoms with Gasteiger partial charge in [0.15, 0.2) is 0 Å². The lowest BCUT2D eigenvalue weighted by atomic mass is 10.1. The van der Waals surface area contributed by atoms with Crippen molar-refractivity contribution in [2.24, 2.45) is 0 Å². The number of halogens is 3. The lowest BCUT2D eigenvalue weighted by molar-refractivity contribution is 0.102. The van der Waals surface area contributed by atoms with Crippen LogP contribution in [0.4, 0.5) is 5.69 Å². The fourth-order valence-electron chi connectivity index (χ4n) is 2.60. The fourth-order valence-corrected chi connectivity index (χ4v) is 3.90. The molecular weight excluding hydrogens is 449 g/mol. The van der Waals surface area contributed by atoms with Gasteiger partial charge in [0.2, 0.25) is 0 Å². The van der Waals surface area contributed by atoms with Crippen molar-refractivity contribution in [3.63, 3.8) is 0 Å². The zero-order valence-corrected chi connectivity index (χ0v) is 18.6. The van der Waals surface area contributed by atoms with Gasteiger partial charge in [0.25, 0.3) is 5.91 Å². The first-order valence-electron chi connectivity index (χ1n) is 8.86. The van der Waals surface area contributed by atoms with Gasteiger partial charge in [-0.05, 0) is 67.6 Å². The first-order chi connectivity index (χ1) is 14.0. The molecule has 1 N–H and O–H groups in total. The largest absolute Gasteiger partial charge is 0.494 e. The maximum atomic E-state index is 12.7. The predicted molar refractivity (Wildman–Crippen MR) is 123 cm³/mol. The van der Waals surface area contributed by atoms with Gasteiger partial charge < -0.3 is 10.1 Å². The minimum absolute atomic E-state index is 0.232. The Hall–Kier alpha value is -1.85. The molecule has 0 radical (unpaired) electrons. The van der Waals surface area contributed by atoms with E-state index in [1.54, 1.807) is 36.0 Å². The molecule has 0 aliphatic carbocycles. The maximum Gasteiger partial charge on any atom is 0.255 e. The summed E-state index contributed by atoms with van der Waals surface area (Å²) in [4.78, 5) is 13.8. The number of amides is 1. The number of rotatable bonds is 7. The molecule has 0 fully saturated rings. The zero-order chi connectivity index (χ0) is 20.8. The van der Waals surface area contributed by atoms with E-state index >= 15 is 0 Å². The molecule has 3 aromatic rings. The minimum atomic E-state index is -0.232. The standard InChI is InChI=1S/C22H18Cl3NO2S/c1-2-28-21-10-3-14(22(27)26-17-6-9-19(24)20(25)12-17)11-15(21)13-29-18-7-4-16(23)5-8-18/h3-12H,2,13H2,1H3,(H,26,27). The third kappa shape index (κ3) is 6.06. The summed E-state index contributed by atoms with van der Waals surface area (Å²) in [6.45, 7) is 2.48. The van der Waals surface area contributed by atoms with E-state index in [1.807, 2.05) is 43.3 Å². The molecular formula is C22H18Cl3NO2S. The van der Waals surface area contributed by atoms with E-state index in [9.17, 15) is 4.79 Å². The monoisotopic (exact) mass is 465 g/mol. The van der Waals surface area contributed by atoms with Gasteiger partial charge in [0, 0.05) is 32.5 Å². The van der Waals surface area contributed by atoms with Crippen molar-refractivity contribution in [3.05, 3.63) is 86.9 Å². The van der Waals surface area contributed by atoms with Crippen molar-refractivity contribution >= 4 is 58.2 Å². The SMILES string of the molecule is CCOc1ccc(C(=O)Nc2ccc(Cl)c(Cl)c2)cc1CSc1ccc(Cl)cc1. The highest BCUT2D eigenvalue weighted by molar-refractivity contribution is 7.98. The molecule has 1 amide bonds. The number of thioether (sulfide) groups is 1. The Morgan fingerprint density at radius 2 is 1.72 bits per heavy atom. The third-order valence-corrected chi connectivity index (χ3v) is 6.06. The van der Waals surface area contributed by atoms with Crippen molar-refractivity contribution in [1.82, 2.24) is 0 Å². The first-order valence-corrected chi connectivity index (χ1v) is 11.0. The van der Waals surface area contributed by atoms with Crippen molar-refractivity contribution in [1.29, 1.82) is 0 Å². The molecule has 0 saturated carbocycles. The van der Waals surface area contributed by atoms with Gasteiger partial charge in [0.1, 0.15) is 5.75 Å². The average Bonchev–Trinajstić information content (AvgIpc) is 2.71. The number of hydrogen-bond donors (Lipinski definition) is 1. The van der Waals surface area contributed by atoms with Crippen LogP contribution in [0.1, 0.15) is 22.8 Å². The van der Waals surface area contributed by atoms with E-state index in [0.717, 1.165) is 16.2 Å². The lowest BCUT2D eigenvalue weighted by Gasteiger charge is -2.13. The van der Waals surface area contributed by atoms with Gasteiger partial charge in [-0.25, -0.2) is 0 Å².